The number of nitrogens with zero attached hydrogens (tertiary/aromatic N) is 2. The molecule has 0 aliphatic heterocycles. The standard InChI is InChI=1S/C11H13ClF3N3S/c1-19-10(3-2-4-10)6-16-8-5-7(11(13,14)15)17-9(12)18-8/h5H,2-4,6H2,1H3,(H,16,17,18). The topological polar surface area (TPSA) is 37.8 Å². The number of aromatic nitrogens is 2. The number of hydrogen-bond donors (Lipinski definition) is 1. The van der Waals surface area contributed by atoms with Gasteiger partial charge in [0.15, 0.2) is 5.69 Å². The lowest BCUT2D eigenvalue weighted by atomic mass is 9.84. The van der Waals surface area contributed by atoms with Crippen molar-refractivity contribution < 1.29 is 13.2 Å². The zero-order valence-corrected chi connectivity index (χ0v) is 11.8. The first-order chi connectivity index (χ1) is 8.85. The van der Waals surface area contributed by atoms with E-state index in [-0.39, 0.29) is 10.6 Å². The van der Waals surface area contributed by atoms with Crippen molar-refractivity contribution in [2.24, 2.45) is 0 Å². The largest absolute Gasteiger partial charge is 0.433 e. The van der Waals surface area contributed by atoms with Gasteiger partial charge in [0.25, 0.3) is 0 Å². The van der Waals surface area contributed by atoms with Crippen molar-refractivity contribution in [1.82, 2.24) is 9.97 Å². The van der Waals surface area contributed by atoms with E-state index >= 15 is 0 Å². The molecular formula is C11H13ClF3N3S. The van der Waals surface area contributed by atoms with Crippen LogP contribution in [-0.2, 0) is 6.18 Å². The molecule has 1 heterocycles. The van der Waals surface area contributed by atoms with Crippen LogP contribution in [0.25, 0.3) is 0 Å². The van der Waals surface area contributed by atoms with Gasteiger partial charge < -0.3 is 5.32 Å². The third-order valence-corrected chi connectivity index (χ3v) is 4.87. The van der Waals surface area contributed by atoms with Gasteiger partial charge in [-0.15, -0.1) is 0 Å². The highest BCUT2D eigenvalue weighted by molar-refractivity contribution is 8.00. The molecule has 1 aromatic heterocycles. The van der Waals surface area contributed by atoms with Gasteiger partial charge in [0.05, 0.1) is 0 Å². The van der Waals surface area contributed by atoms with Gasteiger partial charge >= 0.3 is 6.18 Å². The Morgan fingerprint density at radius 3 is 2.58 bits per heavy atom. The Labute approximate surface area is 118 Å². The van der Waals surface area contributed by atoms with Crippen molar-refractivity contribution >= 4 is 29.2 Å². The molecule has 0 radical (unpaired) electrons. The van der Waals surface area contributed by atoms with Crippen molar-refractivity contribution in [1.29, 1.82) is 0 Å². The molecule has 0 amide bonds. The number of thioether (sulfide) groups is 1. The first-order valence-corrected chi connectivity index (χ1v) is 7.36. The van der Waals surface area contributed by atoms with E-state index in [2.05, 4.69) is 15.3 Å². The Morgan fingerprint density at radius 2 is 2.11 bits per heavy atom. The van der Waals surface area contributed by atoms with Gasteiger partial charge in [0, 0.05) is 17.4 Å². The molecule has 1 aromatic rings. The molecule has 0 atom stereocenters. The molecule has 1 N–H and O–H groups in total. The number of nitrogens with one attached hydrogen (secondary N) is 1. The Balaban J connectivity index is 2.10. The van der Waals surface area contributed by atoms with Crippen LogP contribution in [0.2, 0.25) is 5.28 Å². The van der Waals surface area contributed by atoms with Gasteiger partial charge in [0.1, 0.15) is 5.82 Å². The van der Waals surface area contributed by atoms with Crippen LogP contribution < -0.4 is 5.32 Å². The number of alkyl halides is 3. The lowest BCUT2D eigenvalue weighted by molar-refractivity contribution is -0.141. The van der Waals surface area contributed by atoms with Crippen LogP contribution in [0.4, 0.5) is 19.0 Å². The summed E-state index contributed by atoms with van der Waals surface area (Å²) < 4.78 is 37.9. The maximum Gasteiger partial charge on any atom is 0.433 e. The second-order valence-corrected chi connectivity index (χ2v) is 6.11. The summed E-state index contributed by atoms with van der Waals surface area (Å²) in [4.78, 5) is 6.97. The zero-order valence-electron chi connectivity index (χ0n) is 10.2. The molecule has 1 aliphatic rings. The van der Waals surface area contributed by atoms with E-state index in [9.17, 15) is 13.2 Å². The first-order valence-electron chi connectivity index (χ1n) is 5.75. The molecule has 0 spiro atoms. The second-order valence-electron chi connectivity index (χ2n) is 4.50. The van der Waals surface area contributed by atoms with E-state index in [1.807, 2.05) is 6.26 Å². The van der Waals surface area contributed by atoms with E-state index in [1.165, 1.54) is 0 Å². The van der Waals surface area contributed by atoms with Crippen LogP contribution in [0.3, 0.4) is 0 Å². The number of hydrogen-bond acceptors (Lipinski definition) is 4. The van der Waals surface area contributed by atoms with Gasteiger partial charge in [-0.05, 0) is 30.7 Å². The Hall–Kier alpha value is -0.690. The zero-order chi connectivity index (χ0) is 14.1. The molecule has 8 heteroatoms. The molecule has 1 saturated carbocycles. The average Bonchev–Trinajstić information content (AvgIpc) is 2.26. The lowest BCUT2D eigenvalue weighted by Gasteiger charge is -2.40. The van der Waals surface area contributed by atoms with Crippen LogP contribution in [0.5, 0.6) is 0 Å². The fourth-order valence-electron chi connectivity index (χ4n) is 1.93. The number of halogens is 4. The van der Waals surface area contributed by atoms with Crippen LogP contribution in [-0.4, -0.2) is 27.5 Å². The van der Waals surface area contributed by atoms with Crippen molar-refractivity contribution in [3.05, 3.63) is 17.0 Å². The van der Waals surface area contributed by atoms with E-state index in [0.29, 0.717) is 6.54 Å². The molecule has 2 rings (SSSR count). The minimum Gasteiger partial charge on any atom is -0.369 e. The molecule has 0 bridgehead atoms. The molecule has 106 valence electrons. The summed E-state index contributed by atoms with van der Waals surface area (Å²) in [5, 5.41) is 2.54. The van der Waals surface area contributed by atoms with Crippen molar-refractivity contribution in [3.63, 3.8) is 0 Å². The normalized spacial score (nSPS) is 17.9. The summed E-state index contributed by atoms with van der Waals surface area (Å²) in [7, 11) is 0. The second kappa shape index (κ2) is 5.36. The average molecular weight is 312 g/mol. The van der Waals surface area contributed by atoms with E-state index < -0.39 is 17.2 Å². The molecular weight excluding hydrogens is 299 g/mol. The predicted molar refractivity (Wildman–Crippen MR) is 70.6 cm³/mol. The van der Waals surface area contributed by atoms with Crippen LogP contribution >= 0.6 is 23.4 Å². The summed E-state index contributed by atoms with van der Waals surface area (Å²) in [5.41, 5.74) is -1.03. The van der Waals surface area contributed by atoms with Gasteiger partial charge in [-0.1, -0.05) is 6.42 Å². The van der Waals surface area contributed by atoms with E-state index in [4.69, 9.17) is 11.6 Å². The number of rotatable bonds is 4. The van der Waals surface area contributed by atoms with Gasteiger partial charge in [-0.2, -0.15) is 24.9 Å². The third kappa shape index (κ3) is 3.45. The smallest absolute Gasteiger partial charge is 0.369 e. The predicted octanol–water partition coefficient (Wildman–Crippen LogP) is 3.85. The Morgan fingerprint density at radius 1 is 1.42 bits per heavy atom. The maximum absolute atomic E-state index is 12.6. The summed E-state index contributed by atoms with van der Waals surface area (Å²) in [6.07, 6.45) is 0.769. The highest BCUT2D eigenvalue weighted by Gasteiger charge is 2.37. The summed E-state index contributed by atoms with van der Waals surface area (Å²) >= 11 is 7.25. The summed E-state index contributed by atoms with van der Waals surface area (Å²) in [6.45, 7) is 0.582. The van der Waals surface area contributed by atoms with Gasteiger partial charge in [-0.25, -0.2) is 9.97 Å². The van der Waals surface area contributed by atoms with E-state index in [1.54, 1.807) is 11.8 Å². The molecule has 19 heavy (non-hydrogen) atoms. The van der Waals surface area contributed by atoms with Gasteiger partial charge in [-0.3, -0.25) is 0 Å². The third-order valence-electron chi connectivity index (χ3n) is 3.28. The quantitative estimate of drug-likeness (QED) is 0.857. The van der Waals surface area contributed by atoms with Crippen molar-refractivity contribution in [3.8, 4) is 0 Å². The summed E-state index contributed by atoms with van der Waals surface area (Å²) in [6, 6.07) is 0.887. The minimum absolute atomic E-state index is 0.107. The van der Waals surface area contributed by atoms with Gasteiger partial charge in [0.2, 0.25) is 5.28 Å². The molecule has 1 fully saturated rings. The Kier molecular flexibility index (Phi) is 4.15. The molecule has 3 nitrogen and oxygen atoms in total. The van der Waals surface area contributed by atoms with E-state index in [0.717, 1.165) is 25.3 Å². The SMILES string of the molecule is CSC1(CNc2cc(C(F)(F)F)nc(Cl)n2)CCC1. The molecule has 0 unspecified atom stereocenters. The molecule has 1 aliphatic carbocycles. The minimum atomic E-state index is -4.52. The first kappa shape index (κ1) is 14.7. The fourth-order valence-corrected chi connectivity index (χ4v) is 3.02. The fraction of sp³-hybridized carbons (Fsp3) is 0.636. The highest BCUT2D eigenvalue weighted by Crippen LogP contribution is 2.42. The van der Waals surface area contributed by atoms with Crippen LogP contribution in [0.15, 0.2) is 6.07 Å². The highest BCUT2D eigenvalue weighted by atomic mass is 35.5. The monoisotopic (exact) mass is 311 g/mol. The lowest BCUT2D eigenvalue weighted by Crippen LogP contribution is -2.40. The van der Waals surface area contributed by atoms with Crippen LogP contribution in [0, 0.1) is 0 Å². The molecule has 0 aromatic carbocycles. The maximum atomic E-state index is 12.6. The number of anilines is 1. The van der Waals surface area contributed by atoms with Crippen molar-refractivity contribution in [2.45, 2.75) is 30.2 Å². The van der Waals surface area contributed by atoms with Crippen molar-refractivity contribution in [2.75, 3.05) is 18.1 Å². The molecule has 0 saturated heterocycles. The van der Waals surface area contributed by atoms with Crippen LogP contribution in [0.1, 0.15) is 25.0 Å². The summed E-state index contributed by atoms with van der Waals surface area (Å²) in [5.74, 6) is 0.118. The Bertz CT molecular complexity index is 457.